The van der Waals surface area contributed by atoms with Gasteiger partial charge in [0.15, 0.2) is 5.78 Å². The van der Waals surface area contributed by atoms with E-state index in [9.17, 15) is 19.5 Å². The van der Waals surface area contributed by atoms with E-state index in [0.717, 1.165) is 10.6 Å². The molecule has 0 unspecified atom stereocenters. The van der Waals surface area contributed by atoms with E-state index < -0.39 is 28.5 Å². The van der Waals surface area contributed by atoms with Crippen molar-refractivity contribution in [3.8, 4) is 11.6 Å². The fourth-order valence-electron chi connectivity index (χ4n) is 2.33. The standard InChI is InChI=1S/C18H20N2O6/c1-25-11-3-10-20-17(23)15(16(22)19-18(20)24)14(21)9-6-12-4-7-13(26-2)8-5-12/h4-9,23H,3,10-11H2,1-2H3,(H,19,22,24)/b9-6+. The van der Waals surface area contributed by atoms with Crippen LogP contribution in [0.3, 0.4) is 0 Å². The van der Waals surface area contributed by atoms with Crippen LogP contribution in [0, 0.1) is 0 Å². The molecule has 2 rings (SSSR count). The molecule has 0 aliphatic heterocycles. The predicted octanol–water partition coefficient (Wildman–Crippen LogP) is 1.18. The molecule has 0 amide bonds. The summed E-state index contributed by atoms with van der Waals surface area (Å²) in [5, 5.41) is 10.2. The molecule has 0 bridgehead atoms. The molecule has 0 radical (unpaired) electrons. The van der Waals surface area contributed by atoms with Crippen molar-refractivity contribution in [3.05, 3.63) is 62.3 Å². The Labute approximate surface area is 149 Å². The van der Waals surface area contributed by atoms with Gasteiger partial charge in [-0.15, -0.1) is 0 Å². The first kappa shape index (κ1) is 19.2. The molecule has 2 N–H and O–H groups in total. The van der Waals surface area contributed by atoms with Crippen LogP contribution < -0.4 is 16.0 Å². The van der Waals surface area contributed by atoms with Crippen LogP contribution in [0.15, 0.2) is 39.9 Å². The summed E-state index contributed by atoms with van der Waals surface area (Å²) in [6.45, 7) is 0.476. The molecule has 2 aromatic rings. The van der Waals surface area contributed by atoms with Gasteiger partial charge in [0, 0.05) is 20.3 Å². The summed E-state index contributed by atoms with van der Waals surface area (Å²) in [6.07, 6.45) is 3.10. The molecule has 1 heterocycles. The van der Waals surface area contributed by atoms with Crippen molar-refractivity contribution in [2.75, 3.05) is 20.8 Å². The minimum atomic E-state index is -0.931. The molecular formula is C18H20N2O6. The normalized spacial score (nSPS) is 11.0. The molecule has 1 aromatic carbocycles. The van der Waals surface area contributed by atoms with Crippen LogP contribution in [-0.2, 0) is 11.3 Å². The molecule has 0 saturated heterocycles. The quantitative estimate of drug-likeness (QED) is 0.415. The highest BCUT2D eigenvalue weighted by molar-refractivity contribution is 6.08. The third-order valence-electron chi connectivity index (χ3n) is 3.69. The van der Waals surface area contributed by atoms with Crippen LogP contribution in [0.1, 0.15) is 22.3 Å². The van der Waals surface area contributed by atoms with Gasteiger partial charge in [-0.25, -0.2) is 4.79 Å². The van der Waals surface area contributed by atoms with Crippen molar-refractivity contribution in [1.29, 1.82) is 0 Å². The van der Waals surface area contributed by atoms with Gasteiger partial charge in [0.1, 0.15) is 11.3 Å². The molecule has 8 nitrogen and oxygen atoms in total. The number of nitrogens with zero attached hydrogens (tertiary/aromatic N) is 1. The van der Waals surface area contributed by atoms with Gasteiger partial charge in [-0.1, -0.05) is 18.2 Å². The number of allylic oxidation sites excluding steroid dienone is 1. The zero-order chi connectivity index (χ0) is 19.1. The van der Waals surface area contributed by atoms with Gasteiger partial charge in [0.25, 0.3) is 5.56 Å². The van der Waals surface area contributed by atoms with Crippen molar-refractivity contribution in [1.82, 2.24) is 9.55 Å². The van der Waals surface area contributed by atoms with Gasteiger partial charge < -0.3 is 14.6 Å². The van der Waals surface area contributed by atoms with E-state index in [4.69, 9.17) is 9.47 Å². The fourth-order valence-corrected chi connectivity index (χ4v) is 2.33. The maximum absolute atomic E-state index is 12.3. The van der Waals surface area contributed by atoms with Crippen molar-refractivity contribution in [2.24, 2.45) is 0 Å². The number of nitrogens with one attached hydrogen (secondary N) is 1. The second kappa shape index (κ2) is 8.82. The predicted molar refractivity (Wildman–Crippen MR) is 95.8 cm³/mol. The summed E-state index contributed by atoms with van der Waals surface area (Å²) in [6, 6.07) is 6.92. The highest BCUT2D eigenvalue weighted by atomic mass is 16.5. The Hall–Kier alpha value is -3.13. The number of hydrogen-bond acceptors (Lipinski definition) is 6. The number of aromatic amines is 1. The zero-order valence-corrected chi connectivity index (χ0v) is 14.5. The lowest BCUT2D eigenvalue weighted by Gasteiger charge is -2.09. The number of aromatic nitrogens is 2. The van der Waals surface area contributed by atoms with E-state index in [1.165, 1.54) is 13.2 Å². The molecule has 0 atom stereocenters. The Kier molecular flexibility index (Phi) is 6.51. The van der Waals surface area contributed by atoms with Gasteiger partial charge in [0.05, 0.1) is 7.11 Å². The topological polar surface area (TPSA) is 111 Å². The molecule has 0 aliphatic rings. The summed E-state index contributed by atoms with van der Waals surface area (Å²) in [5.41, 5.74) is -1.48. The Morgan fingerprint density at radius 1 is 1.23 bits per heavy atom. The second-order valence-corrected chi connectivity index (χ2v) is 5.43. The van der Waals surface area contributed by atoms with Crippen LogP contribution >= 0.6 is 0 Å². The smallest absolute Gasteiger partial charge is 0.331 e. The van der Waals surface area contributed by atoms with Crippen molar-refractivity contribution in [3.63, 3.8) is 0 Å². The van der Waals surface area contributed by atoms with E-state index in [0.29, 0.717) is 24.3 Å². The maximum atomic E-state index is 12.3. The van der Waals surface area contributed by atoms with E-state index in [1.807, 2.05) is 4.98 Å². The average molecular weight is 360 g/mol. The lowest BCUT2D eigenvalue weighted by Crippen LogP contribution is -2.33. The molecular weight excluding hydrogens is 340 g/mol. The maximum Gasteiger partial charge on any atom is 0.331 e. The highest BCUT2D eigenvalue weighted by Crippen LogP contribution is 2.15. The fraction of sp³-hybridized carbons (Fsp3) is 0.278. The van der Waals surface area contributed by atoms with E-state index >= 15 is 0 Å². The van der Waals surface area contributed by atoms with Gasteiger partial charge in [-0.2, -0.15) is 0 Å². The third kappa shape index (κ3) is 4.48. The molecule has 0 spiro atoms. The van der Waals surface area contributed by atoms with E-state index in [2.05, 4.69) is 0 Å². The number of H-pyrrole nitrogens is 1. The van der Waals surface area contributed by atoms with Crippen LogP contribution in [0.25, 0.3) is 6.08 Å². The molecule has 26 heavy (non-hydrogen) atoms. The largest absolute Gasteiger partial charge is 0.497 e. The first-order chi connectivity index (χ1) is 12.5. The van der Waals surface area contributed by atoms with Gasteiger partial charge in [-0.3, -0.25) is 19.1 Å². The lowest BCUT2D eigenvalue weighted by molar-refractivity contribution is 0.104. The molecule has 138 valence electrons. The van der Waals surface area contributed by atoms with Gasteiger partial charge in [0.2, 0.25) is 5.88 Å². The minimum absolute atomic E-state index is 0.109. The number of hydrogen-bond donors (Lipinski definition) is 2. The number of benzene rings is 1. The Morgan fingerprint density at radius 2 is 1.92 bits per heavy atom. The van der Waals surface area contributed by atoms with Crippen LogP contribution in [0.5, 0.6) is 11.6 Å². The van der Waals surface area contributed by atoms with Gasteiger partial charge in [-0.05, 0) is 30.2 Å². The number of ketones is 1. The van der Waals surface area contributed by atoms with Crippen molar-refractivity contribution >= 4 is 11.9 Å². The molecule has 1 aromatic heterocycles. The summed E-state index contributed by atoms with van der Waals surface area (Å²) in [4.78, 5) is 38.2. The summed E-state index contributed by atoms with van der Waals surface area (Å²) in [7, 11) is 3.05. The Balaban J connectivity index is 2.29. The summed E-state index contributed by atoms with van der Waals surface area (Å²) in [5.74, 6) is -0.690. The number of carbonyl (C=O) groups excluding carboxylic acids is 1. The van der Waals surface area contributed by atoms with Gasteiger partial charge >= 0.3 is 5.69 Å². The lowest BCUT2D eigenvalue weighted by atomic mass is 10.1. The summed E-state index contributed by atoms with van der Waals surface area (Å²) < 4.78 is 10.9. The first-order valence-corrected chi connectivity index (χ1v) is 7.89. The highest BCUT2D eigenvalue weighted by Gasteiger charge is 2.19. The minimum Gasteiger partial charge on any atom is -0.497 e. The molecule has 0 fully saturated rings. The number of ether oxygens (including phenoxy) is 2. The van der Waals surface area contributed by atoms with E-state index in [1.54, 1.807) is 31.4 Å². The molecule has 0 saturated carbocycles. The van der Waals surface area contributed by atoms with E-state index in [-0.39, 0.29) is 6.54 Å². The summed E-state index contributed by atoms with van der Waals surface area (Å²) >= 11 is 0. The SMILES string of the molecule is COCCCn1c(O)c(C(=O)/C=C/c2ccc(OC)cc2)c(=O)[nH]c1=O. The second-order valence-electron chi connectivity index (χ2n) is 5.43. The number of carbonyl (C=O) groups is 1. The number of methoxy groups -OCH3 is 2. The third-order valence-corrected chi connectivity index (χ3v) is 3.69. The number of aromatic hydroxyl groups is 1. The van der Waals surface area contributed by atoms with Crippen LogP contribution in [-0.4, -0.2) is 41.3 Å². The van der Waals surface area contributed by atoms with Crippen LogP contribution in [0.4, 0.5) is 0 Å². The first-order valence-electron chi connectivity index (χ1n) is 7.89. The van der Waals surface area contributed by atoms with Crippen molar-refractivity contribution < 1.29 is 19.4 Å². The molecule has 0 aliphatic carbocycles. The number of rotatable bonds is 8. The molecule has 8 heteroatoms. The monoisotopic (exact) mass is 360 g/mol. The Bertz CT molecular complexity index is 909. The van der Waals surface area contributed by atoms with Crippen molar-refractivity contribution in [2.45, 2.75) is 13.0 Å². The Morgan fingerprint density at radius 3 is 2.54 bits per heavy atom. The van der Waals surface area contributed by atoms with Crippen LogP contribution in [0.2, 0.25) is 0 Å². The zero-order valence-electron chi connectivity index (χ0n) is 14.5. The average Bonchev–Trinajstić information content (AvgIpc) is 2.63.